The van der Waals surface area contributed by atoms with Crippen LogP contribution < -0.4 is 0 Å². The number of nitrogens with zero attached hydrogens (tertiary/aromatic N) is 1. The van der Waals surface area contributed by atoms with Crippen molar-refractivity contribution in [2.75, 3.05) is 6.61 Å². The zero-order valence-corrected chi connectivity index (χ0v) is 11.8. The number of carbonyl (C=O) groups excluding carboxylic acids is 2. The monoisotopic (exact) mass is 291 g/mol. The lowest BCUT2D eigenvalue weighted by Crippen LogP contribution is -2.12. The summed E-state index contributed by atoms with van der Waals surface area (Å²) in [6.45, 7) is 2.19. The van der Waals surface area contributed by atoms with Crippen LogP contribution in [0.2, 0.25) is 5.02 Å². The Hall–Kier alpha value is -2.07. The number of halogens is 1. The van der Waals surface area contributed by atoms with Crippen molar-refractivity contribution in [2.24, 2.45) is 0 Å². The Morgan fingerprint density at radius 3 is 2.75 bits per heavy atom. The molecule has 1 heterocycles. The highest BCUT2D eigenvalue weighted by molar-refractivity contribution is 6.31. The fraction of sp³-hybridized carbons (Fsp3) is 0.200. The van der Waals surface area contributed by atoms with Gasteiger partial charge in [-0.1, -0.05) is 23.7 Å². The molecule has 20 heavy (non-hydrogen) atoms. The van der Waals surface area contributed by atoms with Gasteiger partial charge in [-0.15, -0.1) is 0 Å². The van der Waals surface area contributed by atoms with Gasteiger partial charge < -0.3 is 9.30 Å². The molecule has 104 valence electrons. The van der Waals surface area contributed by atoms with E-state index in [1.807, 2.05) is 0 Å². The summed E-state index contributed by atoms with van der Waals surface area (Å²) in [5, 5.41) is 0.516. The van der Waals surface area contributed by atoms with E-state index in [0.29, 0.717) is 22.8 Å². The maximum atomic E-state index is 12.2. The van der Waals surface area contributed by atoms with E-state index in [9.17, 15) is 9.59 Å². The molecule has 5 heteroatoms. The molecule has 0 atom stereocenters. The van der Waals surface area contributed by atoms with Gasteiger partial charge in [0.2, 0.25) is 0 Å². The second-order valence-electron chi connectivity index (χ2n) is 4.22. The summed E-state index contributed by atoms with van der Waals surface area (Å²) in [5.41, 5.74) is 1.03. The third-order valence-electron chi connectivity index (χ3n) is 2.72. The number of aromatic nitrogens is 1. The van der Waals surface area contributed by atoms with Gasteiger partial charge in [-0.05, 0) is 25.1 Å². The predicted octanol–water partition coefficient (Wildman–Crippen LogP) is 2.94. The highest BCUT2D eigenvalue weighted by atomic mass is 35.5. The largest absolute Gasteiger partial charge is 0.465 e. The topological polar surface area (TPSA) is 48.3 Å². The number of esters is 1. The molecule has 0 amide bonds. The summed E-state index contributed by atoms with van der Waals surface area (Å²) >= 11 is 5.87. The van der Waals surface area contributed by atoms with Crippen LogP contribution in [0, 0.1) is 0 Å². The second kappa shape index (κ2) is 6.39. The van der Waals surface area contributed by atoms with E-state index in [2.05, 4.69) is 0 Å². The molecule has 0 saturated heterocycles. The van der Waals surface area contributed by atoms with Gasteiger partial charge >= 0.3 is 5.97 Å². The molecule has 1 aromatic heterocycles. The molecule has 0 unspecified atom stereocenters. The van der Waals surface area contributed by atoms with Gasteiger partial charge in [0.15, 0.2) is 5.78 Å². The Balaban J connectivity index is 2.12. The van der Waals surface area contributed by atoms with Crippen molar-refractivity contribution in [3.05, 3.63) is 58.9 Å². The number of ketones is 1. The zero-order valence-electron chi connectivity index (χ0n) is 11.0. The lowest BCUT2D eigenvalue weighted by atomic mass is 10.1. The first-order chi connectivity index (χ1) is 9.60. The summed E-state index contributed by atoms with van der Waals surface area (Å²) in [6.07, 6.45) is 3.30. The fourth-order valence-electron chi connectivity index (χ4n) is 1.83. The van der Waals surface area contributed by atoms with Crippen LogP contribution in [0.5, 0.6) is 0 Å². The van der Waals surface area contributed by atoms with Crippen LogP contribution in [0.25, 0.3) is 0 Å². The Morgan fingerprint density at radius 2 is 2.05 bits per heavy atom. The summed E-state index contributed by atoms with van der Waals surface area (Å²) in [7, 11) is 0. The lowest BCUT2D eigenvalue weighted by molar-refractivity contribution is -0.143. The second-order valence-corrected chi connectivity index (χ2v) is 4.65. The van der Waals surface area contributed by atoms with E-state index in [1.165, 1.54) is 0 Å². The van der Waals surface area contributed by atoms with Gasteiger partial charge in [-0.3, -0.25) is 9.59 Å². The number of carbonyl (C=O) groups is 2. The molecular formula is C15H14ClNO3. The van der Waals surface area contributed by atoms with Gasteiger partial charge in [-0.25, -0.2) is 0 Å². The standard InChI is InChI=1S/C15H14ClNO3/c1-2-20-14(18)10-17-7-6-12(9-17)15(19)11-4-3-5-13(16)8-11/h3-9H,2,10H2,1H3. The van der Waals surface area contributed by atoms with Crippen molar-refractivity contribution >= 4 is 23.4 Å². The smallest absolute Gasteiger partial charge is 0.325 e. The van der Waals surface area contributed by atoms with E-state index >= 15 is 0 Å². The lowest BCUT2D eigenvalue weighted by Gasteiger charge is -2.02. The Bertz CT molecular complexity index is 634. The van der Waals surface area contributed by atoms with Gasteiger partial charge in [0.1, 0.15) is 6.54 Å². The molecule has 2 aromatic rings. The summed E-state index contributed by atoms with van der Waals surface area (Å²) in [5.74, 6) is -0.458. The molecule has 4 nitrogen and oxygen atoms in total. The van der Waals surface area contributed by atoms with Crippen LogP contribution in [-0.4, -0.2) is 22.9 Å². The van der Waals surface area contributed by atoms with E-state index in [0.717, 1.165) is 0 Å². The van der Waals surface area contributed by atoms with Gasteiger partial charge in [0.05, 0.1) is 6.61 Å². The van der Waals surface area contributed by atoms with Crippen molar-refractivity contribution in [1.29, 1.82) is 0 Å². The SMILES string of the molecule is CCOC(=O)Cn1ccc(C(=O)c2cccc(Cl)c2)c1. The molecule has 0 spiro atoms. The van der Waals surface area contributed by atoms with Crippen molar-refractivity contribution in [2.45, 2.75) is 13.5 Å². The number of hydrogen-bond donors (Lipinski definition) is 0. The number of ether oxygens (including phenoxy) is 1. The quantitative estimate of drug-likeness (QED) is 0.628. The predicted molar refractivity (Wildman–Crippen MR) is 75.9 cm³/mol. The molecule has 0 fully saturated rings. The van der Waals surface area contributed by atoms with Crippen molar-refractivity contribution in [3.63, 3.8) is 0 Å². The van der Waals surface area contributed by atoms with Gasteiger partial charge in [0, 0.05) is 28.5 Å². The third-order valence-corrected chi connectivity index (χ3v) is 2.95. The van der Waals surface area contributed by atoms with E-state index in [1.54, 1.807) is 54.2 Å². The first-order valence-electron chi connectivity index (χ1n) is 6.22. The van der Waals surface area contributed by atoms with Crippen LogP contribution in [0.15, 0.2) is 42.7 Å². The first-order valence-corrected chi connectivity index (χ1v) is 6.59. The maximum Gasteiger partial charge on any atom is 0.325 e. The Labute approximate surface area is 121 Å². The fourth-order valence-corrected chi connectivity index (χ4v) is 2.02. The molecule has 2 rings (SSSR count). The third kappa shape index (κ3) is 3.48. The van der Waals surface area contributed by atoms with Crippen LogP contribution >= 0.6 is 11.6 Å². The van der Waals surface area contributed by atoms with Crippen molar-refractivity contribution in [1.82, 2.24) is 4.57 Å². The minimum atomic E-state index is -0.329. The average Bonchev–Trinajstić information content (AvgIpc) is 2.86. The molecule has 0 aliphatic rings. The van der Waals surface area contributed by atoms with E-state index in [4.69, 9.17) is 16.3 Å². The molecule has 0 aliphatic heterocycles. The van der Waals surface area contributed by atoms with Gasteiger partial charge in [-0.2, -0.15) is 0 Å². The number of hydrogen-bond acceptors (Lipinski definition) is 3. The molecule has 1 aromatic carbocycles. The number of rotatable bonds is 5. The summed E-state index contributed by atoms with van der Waals surface area (Å²) in [4.78, 5) is 23.6. The molecule has 0 saturated carbocycles. The Kier molecular flexibility index (Phi) is 4.58. The minimum Gasteiger partial charge on any atom is -0.465 e. The molecule has 0 bridgehead atoms. The van der Waals surface area contributed by atoms with Crippen LogP contribution in [-0.2, 0) is 16.1 Å². The molecule has 0 radical (unpaired) electrons. The van der Waals surface area contributed by atoms with Crippen LogP contribution in [0.1, 0.15) is 22.8 Å². The maximum absolute atomic E-state index is 12.2. The van der Waals surface area contributed by atoms with Crippen LogP contribution in [0.3, 0.4) is 0 Å². The van der Waals surface area contributed by atoms with Gasteiger partial charge in [0.25, 0.3) is 0 Å². The molecular weight excluding hydrogens is 278 g/mol. The van der Waals surface area contributed by atoms with E-state index in [-0.39, 0.29) is 18.3 Å². The van der Waals surface area contributed by atoms with E-state index < -0.39 is 0 Å². The van der Waals surface area contributed by atoms with Crippen molar-refractivity contribution < 1.29 is 14.3 Å². The molecule has 0 N–H and O–H groups in total. The molecule has 0 aliphatic carbocycles. The zero-order chi connectivity index (χ0) is 14.5. The van der Waals surface area contributed by atoms with Crippen molar-refractivity contribution in [3.8, 4) is 0 Å². The first kappa shape index (κ1) is 14.3. The Morgan fingerprint density at radius 1 is 1.25 bits per heavy atom. The normalized spacial score (nSPS) is 10.3. The highest BCUT2D eigenvalue weighted by Crippen LogP contribution is 2.15. The average molecular weight is 292 g/mol. The minimum absolute atomic E-state index is 0.0939. The summed E-state index contributed by atoms with van der Waals surface area (Å²) in [6, 6.07) is 8.43. The summed E-state index contributed by atoms with van der Waals surface area (Å²) < 4.78 is 6.47. The highest BCUT2D eigenvalue weighted by Gasteiger charge is 2.12. The van der Waals surface area contributed by atoms with Crippen LogP contribution in [0.4, 0.5) is 0 Å². The number of benzene rings is 1.